The number of hydrogen-bond donors (Lipinski definition) is 2. The first kappa shape index (κ1) is 12.0. The average Bonchev–Trinajstić information content (AvgIpc) is 2.27. The van der Waals surface area contributed by atoms with E-state index in [-0.39, 0.29) is 17.3 Å². The van der Waals surface area contributed by atoms with Crippen molar-refractivity contribution < 1.29 is 13.5 Å². The zero-order valence-electron chi connectivity index (χ0n) is 9.15. The third kappa shape index (κ3) is 2.60. The third-order valence-corrected chi connectivity index (χ3v) is 2.14. The van der Waals surface area contributed by atoms with Crippen LogP contribution in [0, 0.1) is 17.0 Å². The van der Waals surface area contributed by atoms with Crippen molar-refractivity contribution in [1.82, 2.24) is 4.98 Å². The lowest BCUT2D eigenvalue weighted by Crippen LogP contribution is -2.12. The number of rotatable bonds is 3. The van der Waals surface area contributed by atoms with Crippen LogP contribution in [0.4, 0.5) is 8.78 Å². The van der Waals surface area contributed by atoms with Crippen LogP contribution in [0.1, 0.15) is 5.56 Å². The largest absolute Gasteiger partial charge is 0.455 e. The van der Waals surface area contributed by atoms with Crippen molar-refractivity contribution in [2.45, 2.75) is 0 Å². The molecule has 1 heterocycles. The quantitative estimate of drug-likeness (QED) is 0.648. The molecule has 0 fully saturated rings. The minimum atomic E-state index is -0.752. The topological polar surface area (TPSA) is 72.0 Å². The maximum Gasteiger partial charge on any atom is 0.156 e. The van der Waals surface area contributed by atoms with Crippen molar-refractivity contribution in [2.24, 2.45) is 5.73 Å². The first-order chi connectivity index (χ1) is 8.56. The first-order valence-corrected chi connectivity index (χ1v) is 4.98. The lowest BCUT2D eigenvalue weighted by molar-refractivity contribution is 0.465. The molecule has 0 radical (unpaired) electrons. The van der Waals surface area contributed by atoms with Crippen LogP contribution in [0.2, 0.25) is 0 Å². The van der Waals surface area contributed by atoms with E-state index in [1.807, 2.05) is 0 Å². The molecular weight excluding hydrogens is 240 g/mol. The number of nitrogens with zero attached hydrogens (tertiary/aromatic N) is 1. The Bertz CT molecular complexity index is 581. The highest BCUT2D eigenvalue weighted by Crippen LogP contribution is 2.25. The number of nitrogens with two attached hydrogens (primary N) is 1. The minimum absolute atomic E-state index is 0.0250. The molecule has 0 saturated heterocycles. The number of ether oxygens (including phenoxy) is 1. The van der Waals surface area contributed by atoms with Gasteiger partial charge in [0.15, 0.2) is 5.75 Å². The van der Waals surface area contributed by atoms with Crippen LogP contribution in [0.3, 0.4) is 0 Å². The van der Waals surface area contributed by atoms with Crippen molar-refractivity contribution in [3.63, 3.8) is 0 Å². The van der Waals surface area contributed by atoms with Crippen molar-refractivity contribution in [2.75, 3.05) is 0 Å². The molecule has 0 bridgehead atoms. The van der Waals surface area contributed by atoms with Gasteiger partial charge in [-0.3, -0.25) is 10.4 Å². The normalized spacial score (nSPS) is 10.1. The number of aromatic nitrogens is 1. The van der Waals surface area contributed by atoms with Crippen molar-refractivity contribution in [3.05, 3.63) is 53.9 Å². The number of nitrogen functional groups attached to an aromatic ring is 1. The van der Waals surface area contributed by atoms with Gasteiger partial charge in [0.25, 0.3) is 0 Å². The molecule has 2 rings (SSSR count). The first-order valence-electron chi connectivity index (χ1n) is 4.98. The van der Waals surface area contributed by atoms with E-state index in [1.165, 1.54) is 18.5 Å². The Hall–Kier alpha value is -2.50. The van der Waals surface area contributed by atoms with Crippen LogP contribution in [0.15, 0.2) is 36.7 Å². The zero-order chi connectivity index (χ0) is 13.1. The molecule has 0 amide bonds. The summed E-state index contributed by atoms with van der Waals surface area (Å²) in [5.41, 5.74) is 5.66. The van der Waals surface area contributed by atoms with E-state index in [4.69, 9.17) is 15.9 Å². The molecule has 18 heavy (non-hydrogen) atoms. The summed E-state index contributed by atoms with van der Waals surface area (Å²) < 4.78 is 31.2. The Morgan fingerprint density at radius 2 is 1.89 bits per heavy atom. The van der Waals surface area contributed by atoms with Gasteiger partial charge in [-0.2, -0.15) is 0 Å². The third-order valence-electron chi connectivity index (χ3n) is 2.14. The SMILES string of the molecule is N=C(N)c1ccncc1Oc1cc(F)cc(F)c1. The summed E-state index contributed by atoms with van der Waals surface area (Å²) in [7, 11) is 0. The lowest BCUT2D eigenvalue weighted by atomic mass is 10.2. The summed E-state index contributed by atoms with van der Waals surface area (Å²) in [5.74, 6) is -1.58. The second kappa shape index (κ2) is 4.79. The van der Waals surface area contributed by atoms with Gasteiger partial charge in [0.05, 0.1) is 11.8 Å². The number of halogens is 2. The smallest absolute Gasteiger partial charge is 0.156 e. The van der Waals surface area contributed by atoms with Gasteiger partial charge >= 0.3 is 0 Å². The maximum atomic E-state index is 13.0. The van der Waals surface area contributed by atoms with E-state index in [1.54, 1.807) is 0 Å². The number of benzene rings is 1. The second-order valence-corrected chi connectivity index (χ2v) is 3.49. The van der Waals surface area contributed by atoms with Crippen LogP contribution in [-0.2, 0) is 0 Å². The van der Waals surface area contributed by atoms with Crippen molar-refractivity contribution >= 4 is 5.84 Å². The van der Waals surface area contributed by atoms with E-state index in [0.29, 0.717) is 5.56 Å². The maximum absolute atomic E-state index is 13.0. The summed E-state index contributed by atoms with van der Waals surface area (Å²) >= 11 is 0. The summed E-state index contributed by atoms with van der Waals surface area (Å²) in [5, 5.41) is 7.35. The van der Waals surface area contributed by atoms with E-state index in [0.717, 1.165) is 18.2 Å². The Balaban J connectivity index is 2.37. The lowest BCUT2D eigenvalue weighted by Gasteiger charge is -2.09. The highest BCUT2D eigenvalue weighted by Gasteiger charge is 2.09. The van der Waals surface area contributed by atoms with Crippen LogP contribution >= 0.6 is 0 Å². The van der Waals surface area contributed by atoms with E-state index in [2.05, 4.69) is 4.98 Å². The fourth-order valence-electron chi connectivity index (χ4n) is 1.40. The molecule has 3 N–H and O–H groups in total. The molecular formula is C12H9F2N3O. The molecule has 0 atom stereocenters. The highest BCUT2D eigenvalue weighted by atomic mass is 19.1. The Morgan fingerprint density at radius 3 is 2.50 bits per heavy atom. The summed E-state index contributed by atoms with van der Waals surface area (Å²) in [6, 6.07) is 4.27. The molecule has 0 aliphatic rings. The van der Waals surface area contributed by atoms with Crippen molar-refractivity contribution in [3.8, 4) is 11.5 Å². The average molecular weight is 249 g/mol. The molecule has 6 heteroatoms. The molecule has 1 aromatic carbocycles. The highest BCUT2D eigenvalue weighted by molar-refractivity contribution is 5.97. The fraction of sp³-hybridized carbons (Fsp3) is 0. The van der Waals surface area contributed by atoms with E-state index in [9.17, 15) is 8.78 Å². The standard InChI is InChI=1S/C12H9F2N3O/c13-7-3-8(14)5-9(4-7)18-11-6-17-2-1-10(11)12(15)16/h1-6H,(H3,15,16). The van der Waals surface area contributed by atoms with Gasteiger partial charge in [-0.05, 0) is 6.07 Å². The van der Waals surface area contributed by atoms with E-state index < -0.39 is 11.6 Å². The fourth-order valence-corrected chi connectivity index (χ4v) is 1.40. The van der Waals surface area contributed by atoms with Gasteiger partial charge in [-0.1, -0.05) is 0 Å². The number of hydrogen-bond acceptors (Lipinski definition) is 3. The number of pyridine rings is 1. The van der Waals surface area contributed by atoms with Gasteiger partial charge in [0, 0.05) is 24.4 Å². The zero-order valence-corrected chi connectivity index (χ0v) is 9.15. The summed E-state index contributed by atoms with van der Waals surface area (Å²) in [6.07, 6.45) is 2.76. The van der Waals surface area contributed by atoms with Crippen LogP contribution in [0.5, 0.6) is 11.5 Å². The van der Waals surface area contributed by atoms with Gasteiger partial charge in [-0.25, -0.2) is 8.78 Å². The molecule has 2 aromatic rings. The van der Waals surface area contributed by atoms with Crippen LogP contribution in [-0.4, -0.2) is 10.8 Å². The Kier molecular flexibility index (Phi) is 3.18. The van der Waals surface area contributed by atoms with Gasteiger partial charge in [0.2, 0.25) is 0 Å². The predicted octanol–water partition coefficient (Wildman–Crippen LogP) is 2.44. The van der Waals surface area contributed by atoms with Gasteiger partial charge in [-0.15, -0.1) is 0 Å². The van der Waals surface area contributed by atoms with E-state index >= 15 is 0 Å². The molecule has 0 aliphatic heterocycles. The predicted molar refractivity (Wildman–Crippen MR) is 61.7 cm³/mol. The molecule has 0 saturated carbocycles. The summed E-state index contributed by atoms with van der Waals surface area (Å²) in [6.45, 7) is 0. The Morgan fingerprint density at radius 1 is 1.22 bits per heavy atom. The molecule has 1 aromatic heterocycles. The number of amidine groups is 1. The molecule has 0 unspecified atom stereocenters. The number of nitrogens with one attached hydrogen (secondary N) is 1. The molecule has 0 spiro atoms. The molecule has 0 aliphatic carbocycles. The van der Waals surface area contributed by atoms with Gasteiger partial charge in [0.1, 0.15) is 23.2 Å². The Labute approximate surface area is 102 Å². The monoisotopic (exact) mass is 249 g/mol. The second-order valence-electron chi connectivity index (χ2n) is 3.49. The minimum Gasteiger partial charge on any atom is -0.455 e. The van der Waals surface area contributed by atoms with Gasteiger partial charge < -0.3 is 10.5 Å². The molecule has 92 valence electrons. The van der Waals surface area contributed by atoms with Crippen LogP contribution < -0.4 is 10.5 Å². The summed E-state index contributed by atoms with van der Waals surface area (Å²) in [4.78, 5) is 3.80. The van der Waals surface area contributed by atoms with Crippen LogP contribution in [0.25, 0.3) is 0 Å². The molecule has 4 nitrogen and oxygen atoms in total. The van der Waals surface area contributed by atoms with Crippen molar-refractivity contribution in [1.29, 1.82) is 5.41 Å².